The predicted octanol–water partition coefficient (Wildman–Crippen LogP) is 4.39. The Balaban J connectivity index is 2.22. The molecule has 0 aliphatic heterocycles. The first-order chi connectivity index (χ1) is 10.5. The van der Waals surface area contributed by atoms with Crippen molar-refractivity contribution in [3.63, 3.8) is 0 Å². The Morgan fingerprint density at radius 3 is 2.64 bits per heavy atom. The molecule has 0 saturated heterocycles. The van der Waals surface area contributed by atoms with E-state index < -0.39 is 11.6 Å². The smallest absolute Gasteiger partial charge is 0.227 e. The Morgan fingerprint density at radius 2 is 1.95 bits per heavy atom. The van der Waals surface area contributed by atoms with Gasteiger partial charge in [-0.15, -0.1) is 0 Å². The maximum Gasteiger partial charge on any atom is 0.227 e. The first-order valence-electron chi connectivity index (χ1n) is 6.99. The second-order valence-electron chi connectivity index (χ2n) is 5.48. The monoisotopic (exact) mass is 303 g/mol. The van der Waals surface area contributed by atoms with Crippen molar-refractivity contribution in [3.8, 4) is 11.5 Å². The lowest BCUT2D eigenvalue weighted by Crippen LogP contribution is -1.94. The number of oxazole rings is 1. The molecule has 3 aromatic rings. The van der Waals surface area contributed by atoms with Crippen LogP contribution in [0.4, 0.5) is 8.78 Å². The van der Waals surface area contributed by atoms with Crippen LogP contribution in [0.25, 0.3) is 22.6 Å². The Hall–Kier alpha value is -2.27. The van der Waals surface area contributed by atoms with E-state index in [0.717, 1.165) is 17.7 Å². The number of nitrogens with zero attached hydrogens (tertiary/aromatic N) is 1. The van der Waals surface area contributed by atoms with Gasteiger partial charge in [0.2, 0.25) is 5.89 Å². The zero-order chi connectivity index (χ0) is 15.9. The molecule has 0 radical (unpaired) electrons. The molecule has 5 heteroatoms. The number of halogens is 2. The van der Waals surface area contributed by atoms with Gasteiger partial charge in [0.15, 0.2) is 11.4 Å². The van der Waals surface area contributed by atoms with Crippen molar-refractivity contribution in [2.75, 3.05) is 0 Å². The zero-order valence-corrected chi connectivity index (χ0v) is 12.2. The molecule has 0 bridgehead atoms. The number of hydrogen-bond donors (Lipinski definition) is 1. The molecule has 0 spiro atoms. The number of hydrogen-bond acceptors (Lipinski definition) is 3. The summed E-state index contributed by atoms with van der Waals surface area (Å²) in [6, 6.07) is 7.43. The van der Waals surface area contributed by atoms with E-state index in [0.29, 0.717) is 11.1 Å². The van der Waals surface area contributed by atoms with Crippen molar-refractivity contribution >= 4 is 11.1 Å². The normalized spacial score (nSPS) is 11.5. The van der Waals surface area contributed by atoms with Crippen LogP contribution >= 0.6 is 0 Å². The van der Waals surface area contributed by atoms with Crippen LogP contribution in [0.3, 0.4) is 0 Å². The second kappa shape index (κ2) is 5.50. The van der Waals surface area contributed by atoms with Crippen LogP contribution in [0.1, 0.15) is 30.9 Å². The highest BCUT2D eigenvalue weighted by Crippen LogP contribution is 2.31. The lowest BCUT2D eigenvalue weighted by atomic mass is 9.97. The van der Waals surface area contributed by atoms with E-state index in [9.17, 15) is 13.9 Å². The SMILES string of the molecule is CC(C)c1ccc(CO)c(-c2nc3c(F)cc(F)cc3o2)c1. The minimum absolute atomic E-state index is 0.0183. The molecule has 0 aliphatic carbocycles. The van der Waals surface area contributed by atoms with Crippen molar-refractivity contribution in [1.29, 1.82) is 0 Å². The fraction of sp³-hybridized carbons (Fsp3) is 0.235. The standard InChI is InChI=1S/C17H15F2NO2/c1-9(2)10-3-4-11(8-21)13(5-10)17-20-16-14(19)6-12(18)7-15(16)22-17/h3-7,9,21H,8H2,1-2H3. The van der Waals surface area contributed by atoms with E-state index in [1.165, 1.54) is 0 Å². The third-order valence-corrected chi connectivity index (χ3v) is 3.61. The van der Waals surface area contributed by atoms with Crippen molar-refractivity contribution in [3.05, 3.63) is 53.1 Å². The van der Waals surface area contributed by atoms with Gasteiger partial charge in [-0.25, -0.2) is 13.8 Å². The molecule has 0 unspecified atom stereocenters. The maximum atomic E-state index is 13.8. The van der Waals surface area contributed by atoms with E-state index in [4.69, 9.17) is 4.42 Å². The Morgan fingerprint density at radius 1 is 1.18 bits per heavy atom. The summed E-state index contributed by atoms with van der Waals surface area (Å²) in [7, 11) is 0. The summed E-state index contributed by atoms with van der Waals surface area (Å²) in [5.74, 6) is -1.03. The molecule has 3 nitrogen and oxygen atoms in total. The average Bonchev–Trinajstić information content (AvgIpc) is 2.90. The minimum atomic E-state index is -0.768. The van der Waals surface area contributed by atoms with Crippen LogP contribution < -0.4 is 0 Å². The molecule has 1 N–H and O–H groups in total. The van der Waals surface area contributed by atoms with Gasteiger partial charge >= 0.3 is 0 Å². The van der Waals surface area contributed by atoms with Gasteiger partial charge in [-0.1, -0.05) is 26.0 Å². The third kappa shape index (κ3) is 2.48. The molecule has 22 heavy (non-hydrogen) atoms. The van der Waals surface area contributed by atoms with Crippen molar-refractivity contribution in [2.45, 2.75) is 26.4 Å². The third-order valence-electron chi connectivity index (χ3n) is 3.61. The molecular weight excluding hydrogens is 288 g/mol. The van der Waals surface area contributed by atoms with Gasteiger partial charge in [-0.2, -0.15) is 0 Å². The topological polar surface area (TPSA) is 46.3 Å². The van der Waals surface area contributed by atoms with Gasteiger partial charge in [0.1, 0.15) is 11.3 Å². The fourth-order valence-corrected chi connectivity index (χ4v) is 2.36. The van der Waals surface area contributed by atoms with Crippen LogP contribution in [0.2, 0.25) is 0 Å². The van der Waals surface area contributed by atoms with E-state index in [2.05, 4.69) is 4.98 Å². The molecule has 1 heterocycles. The molecule has 114 valence electrons. The van der Waals surface area contributed by atoms with E-state index in [1.54, 1.807) is 6.07 Å². The zero-order valence-electron chi connectivity index (χ0n) is 12.2. The molecule has 1 aromatic heterocycles. The van der Waals surface area contributed by atoms with E-state index in [1.807, 2.05) is 26.0 Å². The summed E-state index contributed by atoms with van der Waals surface area (Å²) >= 11 is 0. The maximum absolute atomic E-state index is 13.8. The molecule has 0 fully saturated rings. The molecular formula is C17H15F2NO2. The first-order valence-corrected chi connectivity index (χ1v) is 6.99. The molecule has 3 rings (SSSR count). The molecule has 2 aromatic carbocycles. The van der Waals surface area contributed by atoms with Crippen molar-refractivity contribution in [2.24, 2.45) is 0 Å². The van der Waals surface area contributed by atoms with E-state index in [-0.39, 0.29) is 29.5 Å². The predicted molar refractivity (Wildman–Crippen MR) is 79.4 cm³/mol. The van der Waals surface area contributed by atoms with E-state index >= 15 is 0 Å². The highest BCUT2D eigenvalue weighted by molar-refractivity contribution is 5.77. The summed E-state index contributed by atoms with van der Waals surface area (Å²) in [5, 5.41) is 9.48. The fourth-order valence-electron chi connectivity index (χ4n) is 2.36. The van der Waals surface area contributed by atoms with Gasteiger partial charge in [0, 0.05) is 17.7 Å². The van der Waals surface area contributed by atoms with Gasteiger partial charge in [0.25, 0.3) is 0 Å². The molecule has 0 saturated carbocycles. The molecule has 0 aliphatic rings. The number of aromatic nitrogens is 1. The Kier molecular flexibility index (Phi) is 3.66. The van der Waals surface area contributed by atoms with Crippen LogP contribution in [0.5, 0.6) is 0 Å². The first kappa shape index (κ1) is 14.7. The second-order valence-corrected chi connectivity index (χ2v) is 5.48. The van der Waals surface area contributed by atoms with Crippen molar-refractivity contribution in [1.82, 2.24) is 4.98 Å². The Labute approximate surface area is 126 Å². The van der Waals surface area contributed by atoms with Crippen LogP contribution in [0.15, 0.2) is 34.7 Å². The average molecular weight is 303 g/mol. The number of fused-ring (bicyclic) bond motifs is 1. The van der Waals surface area contributed by atoms with Gasteiger partial charge in [-0.3, -0.25) is 0 Å². The minimum Gasteiger partial charge on any atom is -0.436 e. The quantitative estimate of drug-likeness (QED) is 0.780. The lowest BCUT2D eigenvalue weighted by molar-refractivity contribution is 0.282. The summed E-state index contributed by atoms with van der Waals surface area (Å²) in [4.78, 5) is 4.11. The van der Waals surface area contributed by atoms with Crippen LogP contribution in [-0.2, 0) is 6.61 Å². The van der Waals surface area contributed by atoms with Crippen LogP contribution in [-0.4, -0.2) is 10.1 Å². The van der Waals surface area contributed by atoms with Gasteiger partial charge in [-0.05, 0) is 23.1 Å². The highest BCUT2D eigenvalue weighted by Gasteiger charge is 2.17. The summed E-state index contributed by atoms with van der Waals surface area (Å²) in [5.41, 5.74) is 2.28. The summed E-state index contributed by atoms with van der Waals surface area (Å²) < 4.78 is 32.5. The van der Waals surface area contributed by atoms with Gasteiger partial charge in [0.05, 0.1) is 6.61 Å². The lowest BCUT2D eigenvalue weighted by Gasteiger charge is -2.10. The number of aliphatic hydroxyl groups excluding tert-OH is 1. The summed E-state index contributed by atoms with van der Waals surface area (Å²) in [6.45, 7) is 3.89. The number of rotatable bonds is 3. The van der Waals surface area contributed by atoms with Gasteiger partial charge < -0.3 is 9.52 Å². The van der Waals surface area contributed by atoms with Crippen molar-refractivity contribution < 1.29 is 18.3 Å². The van der Waals surface area contributed by atoms with Crippen LogP contribution in [0, 0.1) is 11.6 Å². The Bertz CT molecular complexity index is 840. The highest BCUT2D eigenvalue weighted by atomic mass is 19.1. The molecule has 0 amide bonds. The number of aliphatic hydroxyl groups is 1. The summed E-state index contributed by atoms with van der Waals surface area (Å²) in [6.07, 6.45) is 0. The largest absolute Gasteiger partial charge is 0.436 e. The number of benzene rings is 2. The molecule has 0 atom stereocenters.